The highest BCUT2D eigenvalue weighted by Crippen LogP contribution is 2.33. The fourth-order valence-electron chi connectivity index (χ4n) is 2.81. The Bertz CT molecular complexity index is 838. The minimum atomic E-state index is -4.30. The molecule has 0 unspecified atom stereocenters. The van der Waals surface area contributed by atoms with Gasteiger partial charge in [0.05, 0.1) is 18.1 Å². The molecule has 0 saturated heterocycles. The third-order valence-corrected chi connectivity index (χ3v) is 4.82. The predicted octanol–water partition coefficient (Wildman–Crippen LogP) is 1.70. The second-order valence-corrected chi connectivity index (χ2v) is 6.99. The summed E-state index contributed by atoms with van der Waals surface area (Å²) in [5.74, 6) is -1.54. The lowest BCUT2D eigenvalue weighted by molar-refractivity contribution is -0.146. The Hall–Kier alpha value is -2.39. The number of rotatable bonds is 6. The van der Waals surface area contributed by atoms with Crippen LogP contribution in [0.4, 0.5) is 5.69 Å². The molecule has 26 heavy (non-hydrogen) atoms. The first-order valence-electron chi connectivity index (χ1n) is 8.13. The molecular formula is C17H21NO7S. The summed E-state index contributed by atoms with van der Waals surface area (Å²) >= 11 is 0. The molecule has 1 aliphatic rings. The van der Waals surface area contributed by atoms with Crippen LogP contribution in [0.15, 0.2) is 34.4 Å². The summed E-state index contributed by atoms with van der Waals surface area (Å²) in [6, 6.07) is 4.18. The van der Waals surface area contributed by atoms with Crippen molar-refractivity contribution in [2.24, 2.45) is 0 Å². The first-order valence-corrected chi connectivity index (χ1v) is 9.57. The van der Waals surface area contributed by atoms with Gasteiger partial charge in [-0.25, -0.2) is 9.59 Å². The zero-order valence-corrected chi connectivity index (χ0v) is 15.6. The summed E-state index contributed by atoms with van der Waals surface area (Å²) in [5, 5.41) is 0. The maximum absolute atomic E-state index is 12.2. The predicted molar refractivity (Wildman–Crippen MR) is 93.3 cm³/mol. The molecule has 0 spiro atoms. The molecule has 9 heteroatoms. The highest BCUT2D eigenvalue weighted by atomic mass is 32.2. The normalized spacial score (nSPS) is 13.2. The first kappa shape index (κ1) is 19.9. The van der Waals surface area contributed by atoms with E-state index in [4.69, 9.17) is 9.47 Å². The van der Waals surface area contributed by atoms with E-state index in [2.05, 4.69) is 0 Å². The lowest BCUT2D eigenvalue weighted by Crippen LogP contribution is -2.27. The highest BCUT2D eigenvalue weighted by molar-refractivity contribution is 7.85. The molecular weight excluding hydrogens is 362 g/mol. The fourth-order valence-corrected chi connectivity index (χ4v) is 3.34. The summed E-state index contributed by atoms with van der Waals surface area (Å²) < 4.78 is 41.7. The third-order valence-electron chi connectivity index (χ3n) is 3.97. The quantitative estimate of drug-likeness (QED) is 0.260. The summed E-state index contributed by atoms with van der Waals surface area (Å²) in [6.07, 6.45) is 0.495. The van der Waals surface area contributed by atoms with E-state index in [0.29, 0.717) is 29.9 Å². The van der Waals surface area contributed by atoms with E-state index < -0.39 is 22.1 Å². The van der Waals surface area contributed by atoms with Gasteiger partial charge < -0.3 is 14.4 Å². The average molecular weight is 383 g/mol. The van der Waals surface area contributed by atoms with Crippen LogP contribution in [0.5, 0.6) is 0 Å². The Labute approximate surface area is 152 Å². The number of ether oxygens (including phenoxy) is 2. The molecule has 0 radical (unpaired) electrons. The fraction of sp³-hybridized carbons (Fsp3) is 0.412. The lowest BCUT2D eigenvalue weighted by atomic mass is 10.1. The van der Waals surface area contributed by atoms with E-state index in [1.54, 1.807) is 25.7 Å². The molecule has 0 bridgehead atoms. The zero-order valence-electron chi connectivity index (χ0n) is 14.8. The standard InChI is InChI=1S/C17H21NO7S/c1-4-24-16(19)15(17(20)25-5-2)11(3)18-9-8-12-10-13(26(21,22)23)6-7-14(12)18/h6-7,10H,4-5,8-9H2,1-3H3,(H,21,22,23). The number of carbonyl (C=O) groups is 2. The van der Waals surface area contributed by atoms with Crippen molar-refractivity contribution in [1.29, 1.82) is 0 Å². The van der Waals surface area contributed by atoms with E-state index in [9.17, 15) is 22.6 Å². The Morgan fingerprint density at radius 2 is 1.73 bits per heavy atom. The number of esters is 2. The number of allylic oxidation sites excluding steroid dienone is 1. The van der Waals surface area contributed by atoms with Gasteiger partial charge in [0.25, 0.3) is 10.1 Å². The van der Waals surface area contributed by atoms with Gasteiger partial charge in [-0.2, -0.15) is 8.42 Å². The second kappa shape index (κ2) is 7.88. The van der Waals surface area contributed by atoms with Crippen LogP contribution < -0.4 is 4.90 Å². The van der Waals surface area contributed by atoms with Crippen molar-refractivity contribution >= 4 is 27.7 Å². The number of anilines is 1. The van der Waals surface area contributed by atoms with E-state index in [0.717, 1.165) is 0 Å². The minimum absolute atomic E-state index is 0.114. The maximum atomic E-state index is 12.2. The van der Waals surface area contributed by atoms with Crippen molar-refractivity contribution in [3.63, 3.8) is 0 Å². The minimum Gasteiger partial charge on any atom is -0.462 e. The number of fused-ring (bicyclic) bond motifs is 1. The first-order chi connectivity index (χ1) is 12.2. The van der Waals surface area contributed by atoms with Crippen molar-refractivity contribution in [1.82, 2.24) is 0 Å². The molecule has 0 atom stereocenters. The van der Waals surface area contributed by atoms with Gasteiger partial charge in [0.1, 0.15) is 0 Å². The maximum Gasteiger partial charge on any atom is 0.347 e. The van der Waals surface area contributed by atoms with Gasteiger partial charge in [-0.3, -0.25) is 4.55 Å². The van der Waals surface area contributed by atoms with Crippen LogP contribution in [0, 0.1) is 0 Å². The molecule has 1 aromatic carbocycles. The molecule has 1 N–H and O–H groups in total. The van der Waals surface area contributed by atoms with Crippen LogP contribution in [0.1, 0.15) is 26.3 Å². The van der Waals surface area contributed by atoms with Gasteiger partial charge in [-0.15, -0.1) is 0 Å². The smallest absolute Gasteiger partial charge is 0.347 e. The van der Waals surface area contributed by atoms with Crippen LogP contribution in [-0.2, 0) is 35.6 Å². The molecule has 0 fully saturated rings. The van der Waals surface area contributed by atoms with E-state index in [1.807, 2.05) is 0 Å². The Morgan fingerprint density at radius 3 is 2.23 bits per heavy atom. The topological polar surface area (TPSA) is 110 Å². The summed E-state index contributed by atoms with van der Waals surface area (Å²) in [4.78, 5) is 26.0. The zero-order chi connectivity index (χ0) is 19.5. The number of benzene rings is 1. The second-order valence-electron chi connectivity index (χ2n) is 5.57. The molecule has 2 rings (SSSR count). The largest absolute Gasteiger partial charge is 0.462 e. The average Bonchev–Trinajstić information content (AvgIpc) is 2.97. The van der Waals surface area contributed by atoms with Crippen LogP contribution in [0.3, 0.4) is 0 Å². The van der Waals surface area contributed by atoms with Crippen LogP contribution in [-0.4, -0.2) is 44.7 Å². The van der Waals surface area contributed by atoms with Crippen molar-refractivity contribution in [2.45, 2.75) is 32.1 Å². The molecule has 1 heterocycles. The van der Waals surface area contributed by atoms with Gasteiger partial charge in [0.2, 0.25) is 0 Å². The van der Waals surface area contributed by atoms with Crippen molar-refractivity contribution < 1.29 is 32.0 Å². The summed E-state index contributed by atoms with van der Waals surface area (Å²) in [5.41, 5.74) is 1.51. The van der Waals surface area contributed by atoms with Gasteiger partial charge in [-0.05, 0) is 51.0 Å². The number of nitrogens with zero attached hydrogens (tertiary/aromatic N) is 1. The molecule has 142 valence electrons. The Kier molecular flexibility index (Phi) is 6.04. The molecule has 0 aromatic heterocycles. The molecule has 1 aromatic rings. The van der Waals surface area contributed by atoms with E-state index in [-0.39, 0.29) is 23.7 Å². The van der Waals surface area contributed by atoms with Crippen molar-refractivity contribution in [3.05, 3.63) is 35.0 Å². The molecule has 8 nitrogen and oxygen atoms in total. The SMILES string of the molecule is CCOC(=O)C(C(=O)OCC)=C(C)N1CCc2cc(S(=O)(=O)O)ccc21. The Balaban J connectivity index is 2.48. The Morgan fingerprint density at radius 1 is 1.15 bits per heavy atom. The van der Waals surface area contributed by atoms with Gasteiger partial charge in [0.15, 0.2) is 5.57 Å². The van der Waals surface area contributed by atoms with Crippen molar-refractivity contribution in [3.8, 4) is 0 Å². The van der Waals surface area contributed by atoms with Crippen molar-refractivity contribution in [2.75, 3.05) is 24.7 Å². The number of hydrogen-bond acceptors (Lipinski definition) is 7. The van der Waals surface area contributed by atoms with E-state index >= 15 is 0 Å². The molecule has 0 amide bonds. The molecule has 1 aliphatic heterocycles. The molecule has 0 saturated carbocycles. The summed E-state index contributed by atoms with van der Waals surface area (Å²) in [7, 11) is -4.30. The highest BCUT2D eigenvalue weighted by Gasteiger charge is 2.30. The third kappa shape index (κ3) is 4.05. The van der Waals surface area contributed by atoms with Crippen LogP contribution in [0.25, 0.3) is 0 Å². The molecule has 0 aliphatic carbocycles. The van der Waals surface area contributed by atoms with Gasteiger partial charge in [0, 0.05) is 17.9 Å². The monoisotopic (exact) mass is 383 g/mol. The number of hydrogen-bond donors (Lipinski definition) is 1. The van der Waals surface area contributed by atoms with Crippen LogP contribution in [0.2, 0.25) is 0 Å². The van der Waals surface area contributed by atoms with Gasteiger partial charge >= 0.3 is 11.9 Å². The van der Waals surface area contributed by atoms with Gasteiger partial charge in [-0.1, -0.05) is 0 Å². The van der Waals surface area contributed by atoms with E-state index in [1.165, 1.54) is 18.2 Å². The number of carbonyl (C=O) groups excluding carboxylic acids is 2. The van der Waals surface area contributed by atoms with Crippen LogP contribution >= 0.6 is 0 Å². The lowest BCUT2D eigenvalue weighted by Gasteiger charge is -2.22. The summed E-state index contributed by atoms with van der Waals surface area (Å²) in [6.45, 7) is 5.55.